The van der Waals surface area contributed by atoms with Crippen molar-refractivity contribution < 1.29 is 13.9 Å². The lowest BCUT2D eigenvalue weighted by molar-refractivity contribution is -0.118. The summed E-state index contributed by atoms with van der Waals surface area (Å²) in [5.41, 5.74) is 1.71. The lowest BCUT2D eigenvalue weighted by Crippen LogP contribution is -2.59. The fraction of sp³-hybridized carbons (Fsp3) is 0.571. The second-order valence-corrected chi connectivity index (χ2v) is 7.44. The summed E-state index contributed by atoms with van der Waals surface area (Å²) in [6.07, 6.45) is 7.31. The van der Waals surface area contributed by atoms with Crippen molar-refractivity contribution in [1.82, 2.24) is 10.2 Å². The number of hydrogen-bond donors (Lipinski definition) is 1. The minimum atomic E-state index is -0.269. The van der Waals surface area contributed by atoms with Crippen LogP contribution in [0.25, 0.3) is 5.57 Å². The summed E-state index contributed by atoms with van der Waals surface area (Å²) in [7, 11) is 0. The summed E-state index contributed by atoms with van der Waals surface area (Å²) in [6, 6.07) is 6.22. The van der Waals surface area contributed by atoms with Gasteiger partial charge in [-0.3, -0.25) is 9.69 Å². The summed E-state index contributed by atoms with van der Waals surface area (Å²) in [5, 5.41) is 3.12. The SMILES string of the molecule is CC(=CC(=O)NCC1(N2CCCCC2)CCOCC1)c1ccc(F)cc1. The second kappa shape index (κ2) is 8.78. The number of allylic oxidation sites excluding steroid dienone is 1. The summed E-state index contributed by atoms with van der Waals surface area (Å²) < 4.78 is 18.6. The van der Waals surface area contributed by atoms with Crippen LogP contribution in [0.4, 0.5) is 4.39 Å². The average molecular weight is 360 g/mol. The minimum absolute atomic E-state index is 0.0198. The fourth-order valence-corrected chi connectivity index (χ4v) is 4.02. The Morgan fingerprint density at radius 3 is 2.50 bits per heavy atom. The van der Waals surface area contributed by atoms with Gasteiger partial charge in [0.2, 0.25) is 5.91 Å². The van der Waals surface area contributed by atoms with Crippen molar-refractivity contribution in [2.24, 2.45) is 0 Å². The molecule has 2 aliphatic heterocycles. The van der Waals surface area contributed by atoms with Crippen molar-refractivity contribution >= 4 is 11.5 Å². The van der Waals surface area contributed by atoms with E-state index >= 15 is 0 Å². The minimum Gasteiger partial charge on any atom is -0.381 e. The molecule has 0 saturated carbocycles. The molecule has 2 saturated heterocycles. The van der Waals surface area contributed by atoms with Crippen LogP contribution in [0.2, 0.25) is 0 Å². The Labute approximate surface area is 155 Å². The zero-order valence-electron chi connectivity index (χ0n) is 15.6. The maximum absolute atomic E-state index is 13.0. The van der Waals surface area contributed by atoms with Crippen LogP contribution >= 0.6 is 0 Å². The van der Waals surface area contributed by atoms with E-state index in [1.54, 1.807) is 18.2 Å². The van der Waals surface area contributed by atoms with Gasteiger partial charge in [0.05, 0.1) is 0 Å². The number of nitrogens with one attached hydrogen (secondary N) is 1. The quantitative estimate of drug-likeness (QED) is 0.819. The number of likely N-dealkylation sites (tertiary alicyclic amines) is 1. The van der Waals surface area contributed by atoms with Crippen molar-refractivity contribution in [2.45, 2.75) is 44.6 Å². The van der Waals surface area contributed by atoms with Crippen molar-refractivity contribution in [3.63, 3.8) is 0 Å². The molecule has 0 aliphatic carbocycles. The van der Waals surface area contributed by atoms with Crippen LogP contribution in [-0.2, 0) is 9.53 Å². The van der Waals surface area contributed by atoms with E-state index in [9.17, 15) is 9.18 Å². The Bertz CT molecular complexity index is 630. The van der Waals surface area contributed by atoms with Gasteiger partial charge in [-0.1, -0.05) is 18.6 Å². The second-order valence-electron chi connectivity index (χ2n) is 7.44. The number of ether oxygens (including phenoxy) is 1. The highest BCUT2D eigenvalue weighted by atomic mass is 19.1. The van der Waals surface area contributed by atoms with Crippen molar-refractivity contribution in [3.05, 3.63) is 41.7 Å². The van der Waals surface area contributed by atoms with Gasteiger partial charge in [-0.2, -0.15) is 0 Å². The average Bonchev–Trinajstić information content (AvgIpc) is 2.68. The molecule has 1 N–H and O–H groups in total. The molecule has 5 heteroatoms. The molecule has 0 radical (unpaired) electrons. The van der Waals surface area contributed by atoms with Gasteiger partial charge >= 0.3 is 0 Å². The van der Waals surface area contributed by atoms with Crippen LogP contribution in [0, 0.1) is 5.82 Å². The number of halogens is 1. The molecule has 4 nitrogen and oxygen atoms in total. The largest absolute Gasteiger partial charge is 0.381 e. The molecule has 0 atom stereocenters. The number of amides is 1. The van der Waals surface area contributed by atoms with E-state index in [2.05, 4.69) is 10.2 Å². The highest BCUT2D eigenvalue weighted by Crippen LogP contribution is 2.30. The molecule has 2 heterocycles. The molecule has 1 amide bonds. The van der Waals surface area contributed by atoms with Crippen molar-refractivity contribution in [1.29, 1.82) is 0 Å². The molecule has 0 spiro atoms. The smallest absolute Gasteiger partial charge is 0.244 e. The first-order valence-corrected chi connectivity index (χ1v) is 9.64. The summed E-state index contributed by atoms with van der Waals surface area (Å²) in [5.74, 6) is -0.358. The van der Waals surface area contributed by atoms with E-state index in [-0.39, 0.29) is 17.3 Å². The molecule has 1 aromatic carbocycles. The highest BCUT2D eigenvalue weighted by molar-refractivity contribution is 5.94. The Balaban J connectivity index is 1.63. The van der Waals surface area contributed by atoms with E-state index in [0.29, 0.717) is 6.54 Å². The van der Waals surface area contributed by atoms with Gasteiger partial charge in [-0.05, 0) is 69.0 Å². The normalized spacial score (nSPS) is 21.4. The van der Waals surface area contributed by atoms with Crippen LogP contribution in [0.5, 0.6) is 0 Å². The number of carbonyl (C=O) groups excluding carboxylic acids is 1. The number of nitrogens with zero attached hydrogens (tertiary/aromatic N) is 1. The molecule has 1 aromatic rings. The number of piperidine rings is 1. The fourth-order valence-electron chi connectivity index (χ4n) is 4.02. The van der Waals surface area contributed by atoms with Gasteiger partial charge in [0.1, 0.15) is 5.82 Å². The van der Waals surface area contributed by atoms with Gasteiger partial charge in [0.25, 0.3) is 0 Å². The molecule has 2 fully saturated rings. The van der Waals surface area contributed by atoms with Crippen LogP contribution in [-0.4, -0.2) is 49.2 Å². The van der Waals surface area contributed by atoms with Gasteiger partial charge in [0.15, 0.2) is 0 Å². The molecule has 0 unspecified atom stereocenters. The molecule has 142 valence electrons. The Morgan fingerprint density at radius 1 is 1.19 bits per heavy atom. The van der Waals surface area contributed by atoms with E-state index in [1.165, 1.54) is 31.4 Å². The predicted molar refractivity (Wildman–Crippen MR) is 101 cm³/mol. The summed E-state index contributed by atoms with van der Waals surface area (Å²) in [4.78, 5) is 15.0. The van der Waals surface area contributed by atoms with E-state index in [0.717, 1.165) is 50.3 Å². The highest BCUT2D eigenvalue weighted by Gasteiger charge is 2.38. The van der Waals surface area contributed by atoms with Crippen LogP contribution < -0.4 is 5.32 Å². The first-order valence-electron chi connectivity index (χ1n) is 9.64. The standard InChI is InChI=1S/C21H29FN2O2/c1-17(18-5-7-19(22)8-6-18)15-20(25)23-16-21(9-13-26-14-10-21)24-11-3-2-4-12-24/h5-8,15H,2-4,9-14,16H2,1H3,(H,23,25). The Morgan fingerprint density at radius 2 is 1.85 bits per heavy atom. The molecular weight excluding hydrogens is 331 g/mol. The van der Waals surface area contributed by atoms with Crippen molar-refractivity contribution in [2.75, 3.05) is 32.8 Å². The van der Waals surface area contributed by atoms with Gasteiger partial charge in [0, 0.05) is 31.4 Å². The van der Waals surface area contributed by atoms with E-state index in [1.807, 2.05) is 6.92 Å². The zero-order valence-corrected chi connectivity index (χ0v) is 15.6. The predicted octanol–water partition coefficient (Wildman–Crippen LogP) is 3.38. The maximum atomic E-state index is 13.0. The number of carbonyl (C=O) groups is 1. The maximum Gasteiger partial charge on any atom is 0.244 e. The topological polar surface area (TPSA) is 41.6 Å². The molecule has 3 rings (SSSR count). The summed E-state index contributed by atoms with van der Waals surface area (Å²) >= 11 is 0. The third kappa shape index (κ3) is 4.71. The van der Waals surface area contributed by atoms with Crippen molar-refractivity contribution in [3.8, 4) is 0 Å². The van der Waals surface area contributed by atoms with Crippen LogP contribution in [0.15, 0.2) is 30.3 Å². The molecule has 2 aliphatic rings. The monoisotopic (exact) mass is 360 g/mol. The molecule has 0 aromatic heterocycles. The Hall–Kier alpha value is -1.72. The molecule has 26 heavy (non-hydrogen) atoms. The molecule has 0 bridgehead atoms. The third-order valence-electron chi connectivity index (χ3n) is 5.69. The van der Waals surface area contributed by atoms with Gasteiger partial charge < -0.3 is 10.1 Å². The van der Waals surface area contributed by atoms with Crippen LogP contribution in [0.1, 0.15) is 44.6 Å². The molecular formula is C21H29FN2O2. The number of hydrogen-bond acceptors (Lipinski definition) is 3. The third-order valence-corrected chi connectivity index (χ3v) is 5.69. The van der Waals surface area contributed by atoms with Gasteiger partial charge in [-0.15, -0.1) is 0 Å². The van der Waals surface area contributed by atoms with E-state index in [4.69, 9.17) is 4.74 Å². The lowest BCUT2D eigenvalue weighted by atomic mass is 9.86. The Kier molecular flexibility index (Phi) is 6.43. The first-order chi connectivity index (χ1) is 12.6. The van der Waals surface area contributed by atoms with E-state index < -0.39 is 0 Å². The number of benzene rings is 1. The lowest BCUT2D eigenvalue weighted by Gasteiger charge is -2.48. The first kappa shape index (κ1) is 19.1. The van der Waals surface area contributed by atoms with Crippen LogP contribution in [0.3, 0.4) is 0 Å². The van der Waals surface area contributed by atoms with Gasteiger partial charge in [-0.25, -0.2) is 4.39 Å². The summed E-state index contributed by atoms with van der Waals surface area (Å²) in [6.45, 7) is 6.28. The number of rotatable bonds is 5. The zero-order chi connectivity index (χ0) is 18.4.